The Kier molecular flexibility index (Phi) is 4.83. The Morgan fingerprint density at radius 1 is 1.10 bits per heavy atom. The van der Waals surface area contributed by atoms with Crippen LogP contribution < -0.4 is 5.32 Å². The first-order chi connectivity index (χ1) is 9.56. The van der Waals surface area contributed by atoms with E-state index in [1.54, 1.807) is 18.2 Å². The van der Waals surface area contributed by atoms with E-state index in [0.717, 1.165) is 11.1 Å². The maximum Gasteiger partial charge on any atom is 0.248 e. The third kappa shape index (κ3) is 3.86. The zero-order valence-corrected chi connectivity index (χ0v) is 12.4. The highest BCUT2D eigenvalue weighted by Crippen LogP contribution is 2.20. The van der Waals surface area contributed by atoms with Crippen LogP contribution in [0.1, 0.15) is 11.1 Å². The number of benzene rings is 2. The number of aryl methyl sites for hydroxylation is 1. The molecule has 2 nitrogen and oxygen atoms in total. The van der Waals surface area contributed by atoms with Crippen molar-refractivity contribution in [3.63, 3.8) is 0 Å². The summed E-state index contributed by atoms with van der Waals surface area (Å²) in [6, 6.07) is 12.7. The molecule has 4 heteroatoms. The summed E-state index contributed by atoms with van der Waals surface area (Å²) in [6.45, 7) is 1.91. The van der Waals surface area contributed by atoms with Crippen molar-refractivity contribution >= 4 is 40.9 Å². The number of hydrogen-bond acceptors (Lipinski definition) is 1. The van der Waals surface area contributed by atoms with Gasteiger partial charge in [0, 0.05) is 21.8 Å². The van der Waals surface area contributed by atoms with Gasteiger partial charge >= 0.3 is 0 Å². The third-order valence-corrected chi connectivity index (χ3v) is 3.51. The fourth-order valence-corrected chi connectivity index (χ4v) is 2.01. The number of carbonyl (C=O) groups excluding carboxylic acids is 1. The molecule has 0 radical (unpaired) electrons. The number of hydrogen-bond donors (Lipinski definition) is 1. The Morgan fingerprint density at radius 2 is 1.85 bits per heavy atom. The molecule has 2 aromatic rings. The van der Waals surface area contributed by atoms with Gasteiger partial charge in [0.2, 0.25) is 5.91 Å². The van der Waals surface area contributed by atoms with Gasteiger partial charge in [0.1, 0.15) is 0 Å². The van der Waals surface area contributed by atoms with Crippen LogP contribution in [0.2, 0.25) is 10.0 Å². The largest absolute Gasteiger partial charge is 0.322 e. The molecule has 2 aromatic carbocycles. The minimum Gasteiger partial charge on any atom is -0.322 e. The van der Waals surface area contributed by atoms with Gasteiger partial charge < -0.3 is 5.32 Å². The molecule has 0 aliphatic rings. The summed E-state index contributed by atoms with van der Waals surface area (Å²) in [5.41, 5.74) is 2.43. The first-order valence-corrected chi connectivity index (χ1v) is 6.81. The van der Waals surface area contributed by atoms with E-state index in [9.17, 15) is 4.79 Å². The molecule has 0 saturated carbocycles. The van der Waals surface area contributed by atoms with Gasteiger partial charge in [-0.15, -0.1) is 0 Å². The molecule has 0 aliphatic heterocycles. The molecule has 102 valence electrons. The minimum absolute atomic E-state index is 0.232. The normalized spacial score (nSPS) is 10.8. The lowest BCUT2D eigenvalue weighted by atomic mass is 10.2. The summed E-state index contributed by atoms with van der Waals surface area (Å²) >= 11 is 12.0. The van der Waals surface area contributed by atoms with Crippen molar-refractivity contribution in [3.05, 3.63) is 69.7 Å². The number of halogens is 2. The van der Waals surface area contributed by atoms with E-state index in [4.69, 9.17) is 23.2 Å². The second-order valence-corrected chi connectivity index (χ2v) is 5.12. The van der Waals surface area contributed by atoms with Crippen molar-refractivity contribution in [1.82, 2.24) is 0 Å². The van der Waals surface area contributed by atoms with Crippen molar-refractivity contribution in [3.8, 4) is 0 Å². The molecule has 20 heavy (non-hydrogen) atoms. The average molecular weight is 306 g/mol. The van der Waals surface area contributed by atoms with Gasteiger partial charge in [-0.25, -0.2) is 0 Å². The summed E-state index contributed by atoms with van der Waals surface area (Å²) in [6.07, 6.45) is 3.11. The smallest absolute Gasteiger partial charge is 0.248 e. The highest BCUT2D eigenvalue weighted by Gasteiger charge is 2.01. The monoisotopic (exact) mass is 305 g/mol. The molecule has 0 saturated heterocycles. The van der Waals surface area contributed by atoms with E-state index < -0.39 is 0 Å². The van der Waals surface area contributed by atoms with Crippen LogP contribution in [0.25, 0.3) is 6.08 Å². The maximum absolute atomic E-state index is 11.8. The van der Waals surface area contributed by atoms with E-state index in [1.807, 2.05) is 37.3 Å². The zero-order chi connectivity index (χ0) is 14.5. The van der Waals surface area contributed by atoms with Gasteiger partial charge in [-0.3, -0.25) is 4.79 Å². The van der Waals surface area contributed by atoms with Crippen LogP contribution in [0.3, 0.4) is 0 Å². The van der Waals surface area contributed by atoms with Crippen molar-refractivity contribution in [1.29, 1.82) is 0 Å². The first-order valence-electron chi connectivity index (χ1n) is 6.06. The SMILES string of the molecule is Cc1ccc(NC(=O)/C=C/c2ccccc2Cl)cc1Cl. The highest BCUT2D eigenvalue weighted by molar-refractivity contribution is 6.32. The summed E-state index contributed by atoms with van der Waals surface area (Å²) in [5, 5.41) is 3.98. The van der Waals surface area contributed by atoms with E-state index >= 15 is 0 Å². The molecule has 0 aliphatic carbocycles. The molecule has 0 bridgehead atoms. The van der Waals surface area contributed by atoms with Crippen LogP contribution in [0.4, 0.5) is 5.69 Å². The van der Waals surface area contributed by atoms with E-state index in [-0.39, 0.29) is 5.91 Å². The summed E-state index contributed by atoms with van der Waals surface area (Å²) in [5.74, 6) is -0.232. The standard InChI is InChI=1S/C16H13Cl2NO/c1-11-6-8-13(10-15(11)18)19-16(20)9-7-12-4-2-3-5-14(12)17/h2-10H,1H3,(H,19,20)/b9-7+. The van der Waals surface area contributed by atoms with Crippen molar-refractivity contribution in [2.24, 2.45) is 0 Å². The second kappa shape index (κ2) is 6.60. The zero-order valence-electron chi connectivity index (χ0n) is 10.9. The van der Waals surface area contributed by atoms with Gasteiger partial charge in [-0.2, -0.15) is 0 Å². The molecule has 1 N–H and O–H groups in total. The van der Waals surface area contributed by atoms with Gasteiger partial charge in [0.05, 0.1) is 0 Å². The topological polar surface area (TPSA) is 29.1 Å². The Labute approximate surface area is 128 Å². The molecule has 2 rings (SSSR count). The maximum atomic E-state index is 11.8. The molecule has 1 amide bonds. The minimum atomic E-state index is -0.232. The van der Waals surface area contributed by atoms with E-state index in [2.05, 4.69) is 5.32 Å². The van der Waals surface area contributed by atoms with Crippen molar-refractivity contribution in [2.75, 3.05) is 5.32 Å². The average Bonchev–Trinajstić information content (AvgIpc) is 2.42. The first kappa shape index (κ1) is 14.6. The van der Waals surface area contributed by atoms with Crippen LogP contribution in [-0.2, 0) is 4.79 Å². The predicted octanol–water partition coefficient (Wildman–Crippen LogP) is 4.95. The lowest BCUT2D eigenvalue weighted by molar-refractivity contribution is -0.111. The number of amides is 1. The lowest BCUT2D eigenvalue weighted by Crippen LogP contribution is -2.07. The van der Waals surface area contributed by atoms with Crippen LogP contribution in [0, 0.1) is 6.92 Å². The molecular formula is C16H13Cl2NO. The molecule has 0 atom stereocenters. The molecular weight excluding hydrogens is 293 g/mol. The van der Waals surface area contributed by atoms with Crippen LogP contribution in [0.15, 0.2) is 48.5 Å². The molecule has 0 aromatic heterocycles. The Hall–Kier alpha value is -1.77. The number of rotatable bonds is 3. The van der Waals surface area contributed by atoms with Crippen LogP contribution in [0.5, 0.6) is 0 Å². The summed E-state index contributed by atoms with van der Waals surface area (Å²) < 4.78 is 0. The fourth-order valence-electron chi connectivity index (χ4n) is 1.63. The van der Waals surface area contributed by atoms with Gasteiger partial charge in [0.15, 0.2) is 0 Å². The van der Waals surface area contributed by atoms with Gasteiger partial charge in [-0.05, 0) is 42.3 Å². The fraction of sp³-hybridized carbons (Fsp3) is 0.0625. The van der Waals surface area contributed by atoms with Gasteiger partial charge in [-0.1, -0.05) is 47.5 Å². The Bertz CT molecular complexity index is 665. The molecule has 0 unspecified atom stereocenters. The van der Waals surface area contributed by atoms with E-state index in [0.29, 0.717) is 15.7 Å². The summed E-state index contributed by atoms with van der Waals surface area (Å²) in [4.78, 5) is 11.8. The van der Waals surface area contributed by atoms with E-state index in [1.165, 1.54) is 6.08 Å². The van der Waals surface area contributed by atoms with Crippen LogP contribution >= 0.6 is 23.2 Å². The highest BCUT2D eigenvalue weighted by atomic mass is 35.5. The summed E-state index contributed by atoms with van der Waals surface area (Å²) in [7, 11) is 0. The third-order valence-electron chi connectivity index (χ3n) is 2.76. The number of carbonyl (C=O) groups is 1. The molecule has 0 spiro atoms. The second-order valence-electron chi connectivity index (χ2n) is 4.31. The lowest BCUT2D eigenvalue weighted by Gasteiger charge is -2.04. The quantitative estimate of drug-likeness (QED) is 0.798. The Morgan fingerprint density at radius 3 is 2.55 bits per heavy atom. The number of anilines is 1. The van der Waals surface area contributed by atoms with Gasteiger partial charge in [0.25, 0.3) is 0 Å². The van der Waals surface area contributed by atoms with Crippen molar-refractivity contribution < 1.29 is 4.79 Å². The Balaban J connectivity index is 2.06. The number of nitrogens with one attached hydrogen (secondary N) is 1. The predicted molar refractivity (Wildman–Crippen MR) is 85.3 cm³/mol. The molecule has 0 fully saturated rings. The van der Waals surface area contributed by atoms with Crippen molar-refractivity contribution in [2.45, 2.75) is 6.92 Å². The van der Waals surface area contributed by atoms with Crippen LogP contribution in [-0.4, -0.2) is 5.91 Å². The molecule has 0 heterocycles.